The summed E-state index contributed by atoms with van der Waals surface area (Å²) in [4.78, 5) is 20.6. The summed E-state index contributed by atoms with van der Waals surface area (Å²) >= 11 is 0. The van der Waals surface area contributed by atoms with Crippen LogP contribution in [0.4, 0.5) is 11.4 Å². The minimum Gasteiger partial charge on any atom is -0.506 e. The van der Waals surface area contributed by atoms with Gasteiger partial charge in [-0.05, 0) is 66.3 Å². The predicted molar refractivity (Wildman–Crippen MR) is 173 cm³/mol. The Labute approximate surface area is 263 Å². The van der Waals surface area contributed by atoms with Crippen LogP contribution in [-0.4, -0.2) is 37.3 Å². The second-order valence-electron chi connectivity index (χ2n) is 12.2. The lowest BCUT2D eigenvalue weighted by Crippen LogP contribution is -2.41. The van der Waals surface area contributed by atoms with Gasteiger partial charge < -0.3 is 19.9 Å². The van der Waals surface area contributed by atoms with Crippen LogP contribution in [0.15, 0.2) is 95.5 Å². The Morgan fingerprint density at radius 2 is 1.78 bits per heavy atom. The number of benzene rings is 3. The van der Waals surface area contributed by atoms with Crippen LogP contribution in [0, 0.1) is 12.3 Å². The van der Waals surface area contributed by atoms with E-state index in [1.807, 2.05) is 44.2 Å². The second-order valence-corrected chi connectivity index (χ2v) is 14.1. The molecule has 3 heterocycles. The van der Waals surface area contributed by atoms with E-state index >= 15 is 0 Å². The van der Waals surface area contributed by atoms with Gasteiger partial charge in [0.1, 0.15) is 29.8 Å². The Bertz CT molecular complexity index is 1920. The molecule has 1 unspecified atom stereocenters. The molecule has 2 aliphatic heterocycles. The van der Waals surface area contributed by atoms with Crippen molar-refractivity contribution in [1.82, 2.24) is 4.98 Å². The topological polar surface area (TPSA) is 118 Å². The van der Waals surface area contributed by atoms with E-state index in [0.717, 1.165) is 5.56 Å². The number of fused-ring (bicyclic) bond motifs is 1. The number of carbonyl (C=O) groups is 1. The van der Waals surface area contributed by atoms with Crippen LogP contribution < -0.4 is 19.7 Å². The summed E-state index contributed by atoms with van der Waals surface area (Å²) in [5.41, 5.74) is 2.60. The molecule has 0 saturated heterocycles. The van der Waals surface area contributed by atoms with Crippen molar-refractivity contribution < 1.29 is 27.8 Å². The molecule has 0 aliphatic carbocycles. The minimum atomic E-state index is -3.93. The molecule has 2 N–H and O–H groups in total. The molecule has 1 amide bonds. The lowest BCUT2D eigenvalue weighted by Gasteiger charge is -2.37. The fraction of sp³-hybridized carbons (Fsp3) is 0.257. The summed E-state index contributed by atoms with van der Waals surface area (Å²) in [5.74, 6) is 0.104. The van der Waals surface area contributed by atoms with Crippen molar-refractivity contribution >= 4 is 27.1 Å². The number of hydrogen-bond donors (Lipinski definition) is 2. The molecule has 2 aliphatic rings. The number of hydrogen-bond acceptors (Lipinski definition) is 8. The normalized spacial score (nSPS) is 18.2. The highest BCUT2D eigenvalue weighted by molar-refractivity contribution is 7.95. The van der Waals surface area contributed by atoms with E-state index in [1.54, 1.807) is 55.5 Å². The standard InChI is InChI=1S/C35H35N3O6S/c1-22-10-8-13-25(36-22)34(40)38-27-14-9-15-28(39)31(27)37-26-19-35(2,3)21-45(41,42)33(26)32(38)24-16-17-29(43-4)30(18-24)44-20-23-11-6-5-7-12-23/h5-18,32,37,39H,19-21H2,1-4H3. The smallest absolute Gasteiger partial charge is 0.277 e. The van der Waals surface area contributed by atoms with Gasteiger partial charge in [0.2, 0.25) is 0 Å². The number of anilines is 2. The Kier molecular flexibility index (Phi) is 7.78. The molecular formula is C35H35N3O6S. The highest BCUT2D eigenvalue weighted by Gasteiger charge is 2.47. The number of aryl methyl sites for hydroxylation is 1. The molecule has 1 aromatic heterocycles. The van der Waals surface area contributed by atoms with E-state index in [1.165, 1.54) is 18.1 Å². The van der Waals surface area contributed by atoms with Crippen LogP contribution in [-0.2, 0) is 16.4 Å². The van der Waals surface area contributed by atoms with Crippen molar-refractivity contribution in [2.24, 2.45) is 5.41 Å². The number of phenolic OH excluding ortho intramolecular Hbond substituents is 1. The number of carbonyl (C=O) groups excluding carboxylic acids is 1. The Hall–Kier alpha value is -4.83. The molecule has 45 heavy (non-hydrogen) atoms. The number of aromatic hydroxyl groups is 1. The fourth-order valence-electron chi connectivity index (χ4n) is 6.13. The van der Waals surface area contributed by atoms with Gasteiger partial charge in [-0.2, -0.15) is 0 Å². The SMILES string of the molecule is COc1ccc(C2C3=C(CC(C)(C)CS3(=O)=O)Nc3c(O)cccc3N2C(=O)c2cccc(C)n2)cc1OCc1ccccc1. The molecule has 0 saturated carbocycles. The molecule has 10 heteroatoms. The molecule has 0 bridgehead atoms. The number of nitrogens with zero attached hydrogens (tertiary/aromatic N) is 2. The number of para-hydroxylation sites is 1. The van der Waals surface area contributed by atoms with E-state index in [0.29, 0.717) is 40.6 Å². The van der Waals surface area contributed by atoms with Crippen molar-refractivity contribution in [1.29, 1.82) is 0 Å². The van der Waals surface area contributed by atoms with E-state index in [-0.39, 0.29) is 34.4 Å². The third-order valence-corrected chi connectivity index (χ3v) is 10.3. The molecule has 6 rings (SSSR count). The first kappa shape index (κ1) is 30.2. The maximum absolute atomic E-state index is 14.6. The third-order valence-electron chi connectivity index (χ3n) is 8.00. The Morgan fingerprint density at radius 3 is 2.51 bits per heavy atom. The molecular weight excluding hydrogens is 590 g/mol. The van der Waals surface area contributed by atoms with Gasteiger partial charge in [0.15, 0.2) is 21.3 Å². The number of pyridine rings is 1. The predicted octanol–water partition coefficient (Wildman–Crippen LogP) is 6.55. The van der Waals surface area contributed by atoms with Crippen LogP contribution in [0.5, 0.6) is 17.2 Å². The first-order valence-electron chi connectivity index (χ1n) is 14.6. The van der Waals surface area contributed by atoms with Crippen LogP contribution in [0.2, 0.25) is 0 Å². The van der Waals surface area contributed by atoms with Gasteiger partial charge in [0.05, 0.1) is 23.5 Å². The largest absolute Gasteiger partial charge is 0.506 e. The number of sulfone groups is 1. The van der Waals surface area contributed by atoms with Crippen molar-refractivity contribution in [2.75, 3.05) is 23.1 Å². The van der Waals surface area contributed by atoms with Crippen molar-refractivity contribution in [3.05, 3.63) is 118 Å². The number of rotatable bonds is 6. The number of phenols is 1. The van der Waals surface area contributed by atoms with Gasteiger partial charge in [0.25, 0.3) is 5.91 Å². The lowest BCUT2D eigenvalue weighted by atomic mass is 9.88. The second kappa shape index (κ2) is 11.6. The summed E-state index contributed by atoms with van der Waals surface area (Å²) in [6.45, 7) is 5.82. The van der Waals surface area contributed by atoms with Crippen molar-refractivity contribution in [3.63, 3.8) is 0 Å². The quantitative estimate of drug-likeness (QED) is 0.232. The van der Waals surface area contributed by atoms with Crippen molar-refractivity contribution in [2.45, 2.75) is 39.8 Å². The number of methoxy groups -OCH3 is 1. The van der Waals surface area contributed by atoms with E-state index in [2.05, 4.69) is 10.3 Å². The zero-order chi connectivity index (χ0) is 31.9. The molecule has 9 nitrogen and oxygen atoms in total. The third kappa shape index (κ3) is 5.85. The first-order chi connectivity index (χ1) is 21.5. The monoisotopic (exact) mass is 625 g/mol. The zero-order valence-corrected chi connectivity index (χ0v) is 26.4. The molecule has 4 aromatic rings. The maximum Gasteiger partial charge on any atom is 0.277 e. The van der Waals surface area contributed by atoms with Gasteiger partial charge >= 0.3 is 0 Å². The number of ether oxygens (including phenoxy) is 2. The van der Waals surface area contributed by atoms with E-state index in [4.69, 9.17) is 9.47 Å². The average Bonchev–Trinajstić information content (AvgIpc) is 3.14. The molecule has 3 aromatic carbocycles. The number of allylic oxidation sites excluding steroid dienone is 1. The zero-order valence-electron chi connectivity index (χ0n) is 25.6. The summed E-state index contributed by atoms with van der Waals surface area (Å²) in [6.07, 6.45) is 0.379. The molecule has 232 valence electrons. The number of amides is 1. The lowest BCUT2D eigenvalue weighted by molar-refractivity contribution is 0.0975. The molecule has 1 atom stereocenters. The van der Waals surface area contributed by atoms with Gasteiger partial charge in [-0.25, -0.2) is 13.4 Å². The number of nitrogens with one attached hydrogen (secondary N) is 1. The summed E-state index contributed by atoms with van der Waals surface area (Å²) in [6, 6.07) is 23.7. The minimum absolute atomic E-state index is 0.0672. The van der Waals surface area contributed by atoms with E-state index in [9.17, 15) is 18.3 Å². The molecule has 0 radical (unpaired) electrons. The van der Waals surface area contributed by atoms with Crippen LogP contribution >= 0.6 is 0 Å². The van der Waals surface area contributed by atoms with Gasteiger partial charge in [0, 0.05) is 11.4 Å². The summed E-state index contributed by atoms with van der Waals surface area (Å²) in [5, 5.41) is 14.3. The average molecular weight is 626 g/mol. The van der Waals surface area contributed by atoms with E-state index < -0.39 is 27.2 Å². The Balaban J connectivity index is 1.61. The fourth-order valence-corrected chi connectivity index (χ4v) is 8.49. The number of aromatic nitrogens is 1. The van der Waals surface area contributed by atoms with Crippen LogP contribution in [0.1, 0.15) is 53.6 Å². The van der Waals surface area contributed by atoms with Gasteiger partial charge in [-0.15, -0.1) is 0 Å². The van der Waals surface area contributed by atoms with Crippen molar-refractivity contribution in [3.8, 4) is 17.2 Å². The van der Waals surface area contributed by atoms with Crippen LogP contribution in [0.25, 0.3) is 0 Å². The Morgan fingerprint density at radius 1 is 1.02 bits per heavy atom. The maximum atomic E-state index is 14.6. The van der Waals surface area contributed by atoms with Crippen LogP contribution in [0.3, 0.4) is 0 Å². The highest BCUT2D eigenvalue weighted by atomic mass is 32.2. The summed E-state index contributed by atoms with van der Waals surface area (Å²) in [7, 11) is -2.40. The molecule has 0 fully saturated rings. The van der Waals surface area contributed by atoms with Gasteiger partial charge in [-0.3, -0.25) is 9.69 Å². The van der Waals surface area contributed by atoms with Gasteiger partial charge in [-0.1, -0.05) is 62.4 Å². The first-order valence-corrected chi connectivity index (χ1v) is 16.3. The molecule has 0 spiro atoms. The highest BCUT2D eigenvalue weighted by Crippen LogP contribution is 2.52. The summed E-state index contributed by atoms with van der Waals surface area (Å²) < 4.78 is 40.5.